The Morgan fingerprint density at radius 2 is 1.77 bits per heavy atom. The van der Waals surface area contributed by atoms with E-state index in [0.717, 1.165) is 28.5 Å². The van der Waals surface area contributed by atoms with Crippen molar-refractivity contribution in [2.45, 2.75) is 25.8 Å². The number of rotatable bonds is 2. The number of hydrogen-bond acceptors (Lipinski definition) is 3. The van der Waals surface area contributed by atoms with Crippen molar-refractivity contribution < 1.29 is 9.18 Å². The minimum atomic E-state index is -0.479. The Hall–Kier alpha value is -2.95. The number of aryl methyl sites for hydroxylation is 1. The van der Waals surface area contributed by atoms with Gasteiger partial charge in [-0.3, -0.25) is 4.79 Å². The molecule has 2 aromatic carbocycles. The SMILES string of the molecule is Cc1nc(C2C(=O)c3ccccc3NC2c2ccc(F)cc2)n(C)c1C. The molecule has 0 fully saturated rings. The number of imidazole rings is 1. The van der Waals surface area contributed by atoms with E-state index in [1.807, 2.05) is 49.7 Å². The summed E-state index contributed by atoms with van der Waals surface area (Å²) in [4.78, 5) is 18.1. The second kappa shape index (κ2) is 6.09. The van der Waals surface area contributed by atoms with Crippen LogP contribution >= 0.6 is 0 Å². The molecule has 0 radical (unpaired) electrons. The molecule has 26 heavy (non-hydrogen) atoms. The molecule has 0 saturated heterocycles. The zero-order valence-corrected chi connectivity index (χ0v) is 15.0. The van der Waals surface area contributed by atoms with Crippen LogP contribution in [0.25, 0.3) is 0 Å². The van der Waals surface area contributed by atoms with Gasteiger partial charge in [0, 0.05) is 24.0 Å². The van der Waals surface area contributed by atoms with Crippen LogP contribution in [0.1, 0.15) is 45.1 Å². The zero-order chi connectivity index (χ0) is 18.4. The molecule has 0 saturated carbocycles. The standard InChI is InChI=1S/C21H20FN3O/c1-12-13(2)25(3)21(23-12)18-19(14-8-10-15(22)11-9-14)24-17-7-5-4-6-16(17)20(18)26/h4-11,18-19,24H,1-3H3. The number of Topliss-reactive ketones (excluding diaryl/α,β-unsaturated/α-hetero) is 1. The van der Waals surface area contributed by atoms with Crippen molar-refractivity contribution >= 4 is 11.5 Å². The predicted molar refractivity (Wildman–Crippen MR) is 99.0 cm³/mol. The molecule has 1 aliphatic rings. The minimum Gasteiger partial charge on any atom is -0.376 e. The number of para-hydroxylation sites is 1. The molecule has 0 spiro atoms. The highest BCUT2D eigenvalue weighted by atomic mass is 19.1. The van der Waals surface area contributed by atoms with Crippen molar-refractivity contribution in [2.24, 2.45) is 7.05 Å². The summed E-state index contributed by atoms with van der Waals surface area (Å²) >= 11 is 0. The third kappa shape index (κ3) is 2.51. The monoisotopic (exact) mass is 349 g/mol. The average Bonchev–Trinajstić information content (AvgIpc) is 2.89. The van der Waals surface area contributed by atoms with Gasteiger partial charge in [0.15, 0.2) is 5.78 Å². The maximum absolute atomic E-state index is 13.4. The van der Waals surface area contributed by atoms with Crippen molar-refractivity contribution in [1.82, 2.24) is 9.55 Å². The van der Waals surface area contributed by atoms with Gasteiger partial charge < -0.3 is 9.88 Å². The van der Waals surface area contributed by atoms with E-state index < -0.39 is 5.92 Å². The third-order valence-corrected chi connectivity index (χ3v) is 5.28. The number of anilines is 1. The number of carbonyl (C=O) groups excluding carboxylic acids is 1. The van der Waals surface area contributed by atoms with E-state index in [4.69, 9.17) is 0 Å². The van der Waals surface area contributed by atoms with E-state index in [-0.39, 0.29) is 17.6 Å². The highest BCUT2D eigenvalue weighted by Gasteiger charge is 2.40. The molecular weight excluding hydrogens is 329 g/mol. The lowest BCUT2D eigenvalue weighted by Crippen LogP contribution is -2.33. The summed E-state index contributed by atoms with van der Waals surface area (Å²) in [5.74, 6) is -0.0209. The fraction of sp³-hybridized carbons (Fsp3) is 0.238. The Morgan fingerprint density at radius 3 is 2.42 bits per heavy atom. The molecule has 2 unspecified atom stereocenters. The van der Waals surface area contributed by atoms with Gasteiger partial charge in [-0.05, 0) is 43.7 Å². The molecular formula is C21H20FN3O. The quantitative estimate of drug-likeness (QED) is 0.750. The summed E-state index contributed by atoms with van der Waals surface area (Å²) in [5, 5.41) is 3.47. The number of ketones is 1. The van der Waals surface area contributed by atoms with Crippen molar-refractivity contribution in [3.8, 4) is 0 Å². The number of fused-ring (bicyclic) bond motifs is 1. The maximum Gasteiger partial charge on any atom is 0.177 e. The molecule has 5 heteroatoms. The fourth-order valence-electron chi connectivity index (χ4n) is 3.63. The first-order valence-electron chi connectivity index (χ1n) is 8.62. The van der Waals surface area contributed by atoms with Crippen LogP contribution in [-0.2, 0) is 7.05 Å². The zero-order valence-electron chi connectivity index (χ0n) is 15.0. The van der Waals surface area contributed by atoms with Gasteiger partial charge in [0.2, 0.25) is 0 Å². The summed E-state index contributed by atoms with van der Waals surface area (Å²) in [7, 11) is 1.93. The van der Waals surface area contributed by atoms with Crippen molar-refractivity contribution in [2.75, 3.05) is 5.32 Å². The Bertz CT molecular complexity index is 991. The topological polar surface area (TPSA) is 46.9 Å². The van der Waals surface area contributed by atoms with E-state index in [2.05, 4.69) is 10.3 Å². The summed E-state index contributed by atoms with van der Waals surface area (Å²) < 4.78 is 15.4. The first kappa shape index (κ1) is 16.5. The van der Waals surface area contributed by atoms with Gasteiger partial charge in [0.05, 0.1) is 11.7 Å². The van der Waals surface area contributed by atoms with Crippen LogP contribution in [0, 0.1) is 19.7 Å². The minimum absolute atomic E-state index is 0.0294. The number of aromatic nitrogens is 2. The summed E-state index contributed by atoms with van der Waals surface area (Å²) in [6.45, 7) is 3.94. The van der Waals surface area contributed by atoms with Gasteiger partial charge in [0.25, 0.3) is 0 Å². The Kier molecular flexibility index (Phi) is 3.87. The summed E-state index contributed by atoms with van der Waals surface area (Å²) in [6, 6.07) is 13.5. The molecule has 0 bridgehead atoms. The van der Waals surface area contributed by atoms with Gasteiger partial charge in [-0.25, -0.2) is 9.37 Å². The van der Waals surface area contributed by atoms with Gasteiger partial charge in [-0.2, -0.15) is 0 Å². The molecule has 4 rings (SSSR count). The number of benzene rings is 2. The van der Waals surface area contributed by atoms with Gasteiger partial charge in [-0.15, -0.1) is 0 Å². The highest BCUT2D eigenvalue weighted by molar-refractivity contribution is 6.07. The van der Waals surface area contributed by atoms with Gasteiger partial charge >= 0.3 is 0 Å². The molecule has 3 aromatic rings. The van der Waals surface area contributed by atoms with Gasteiger partial charge in [0.1, 0.15) is 17.6 Å². The maximum atomic E-state index is 13.4. The molecule has 0 amide bonds. The van der Waals surface area contributed by atoms with Crippen LogP contribution in [0.5, 0.6) is 0 Å². The smallest absolute Gasteiger partial charge is 0.177 e. The van der Waals surface area contributed by atoms with E-state index in [1.54, 1.807) is 12.1 Å². The van der Waals surface area contributed by atoms with Gasteiger partial charge in [-0.1, -0.05) is 24.3 Å². The first-order chi connectivity index (χ1) is 12.5. The molecule has 0 aliphatic carbocycles. The Morgan fingerprint density at radius 1 is 1.08 bits per heavy atom. The van der Waals surface area contributed by atoms with E-state index in [1.165, 1.54) is 12.1 Å². The van der Waals surface area contributed by atoms with Crippen molar-refractivity contribution in [3.63, 3.8) is 0 Å². The van der Waals surface area contributed by atoms with Crippen molar-refractivity contribution in [1.29, 1.82) is 0 Å². The van der Waals surface area contributed by atoms with Crippen LogP contribution in [0.3, 0.4) is 0 Å². The lowest BCUT2D eigenvalue weighted by atomic mass is 9.82. The first-order valence-corrected chi connectivity index (χ1v) is 8.62. The summed E-state index contributed by atoms with van der Waals surface area (Å²) in [5.41, 5.74) is 4.26. The largest absolute Gasteiger partial charge is 0.376 e. The fourth-order valence-corrected chi connectivity index (χ4v) is 3.63. The van der Waals surface area contributed by atoms with Crippen LogP contribution in [0.2, 0.25) is 0 Å². The van der Waals surface area contributed by atoms with E-state index in [0.29, 0.717) is 5.56 Å². The Balaban J connectivity index is 1.90. The average molecular weight is 349 g/mol. The summed E-state index contributed by atoms with van der Waals surface area (Å²) in [6.07, 6.45) is 0. The second-order valence-electron chi connectivity index (χ2n) is 6.76. The number of carbonyl (C=O) groups is 1. The number of nitrogens with one attached hydrogen (secondary N) is 1. The predicted octanol–water partition coefficient (Wildman–Crippen LogP) is 4.31. The molecule has 2 atom stereocenters. The molecule has 1 aliphatic heterocycles. The van der Waals surface area contributed by atoms with E-state index >= 15 is 0 Å². The van der Waals surface area contributed by atoms with Crippen LogP contribution in [0.15, 0.2) is 48.5 Å². The molecule has 4 nitrogen and oxygen atoms in total. The van der Waals surface area contributed by atoms with Crippen LogP contribution in [0.4, 0.5) is 10.1 Å². The van der Waals surface area contributed by atoms with Crippen LogP contribution in [-0.4, -0.2) is 15.3 Å². The van der Waals surface area contributed by atoms with Crippen molar-refractivity contribution in [3.05, 3.63) is 82.7 Å². The molecule has 132 valence electrons. The number of nitrogens with zero attached hydrogens (tertiary/aromatic N) is 2. The van der Waals surface area contributed by atoms with Crippen LogP contribution < -0.4 is 5.32 Å². The lowest BCUT2D eigenvalue weighted by Gasteiger charge is -2.33. The molecule has 1 aromatic heterocycles. The highest BCUT2D eigenvalue weighted by Crippen LogP contribution is 2.42. The van der Waals surface area contributed by atoms with E-state index in [9.17, 15) is 9.18 Å². The number of halogens is 1. The normalized spacial score (nSPS) is 19.2. The molecule has 1 N–H and O–H groups in total. The molecule has 2 heterocycles. The second-order valence-corrected chi connectivity index (χ2v) is 6.76. The lowest BCUT2D eigenvalue weighted by molar-refractivity contribution is 0.0939. The third-order valence-electron chi connectivity index (χ3n) is 5.28. The Labute approximate surface area is 151 Å². The number of hydrogen-bond donors (Lipinski definition) is 1.